The van der Waals surface area contributed by atoms with Gasteiger partial charge in [0.1, 0.15) is 5.82 Å². The molecule has 0 aliphatic rings. The number of unbranched alkanes of at least 4 members (excludes halogenated alkanes) is 1. The maximum atomic E-state index is 13.6. The first-order valence-electron chi connectivity index (χ1n) is 9.83. The first-order valence-corrected chi connectivity index (χ1v) is 10.2. The molecule has 6 heteroatoms. The summed E-state index contributed by atoms with van der Waals surface area (Å²) in [4.78, 5) is 4.93. The fourth-order valence-corrected chi connectivity index (χ4v) is 3.72. The van der Waals surface area contributed by atoms with E-state index in [-0.39, 0.29) is 5.02 Å². The van der Waals surface area contributed by atoms with Gasteiger partial charge in [-0.1, -0.05) is 31.0 Å². The van der Waals surface area contributed by atoms with Crippen molar-refractivity contribution in [3.8, 4) is 0 Å². The number of hydrogen-bond acceptors (Lipinski definition) is 3. The highest BCUT2D eigenvalue weighted by Gasteiger charge is 2.17. The summed E-state index contributed by atoms with van der Waals surface area (Å²) in [6.07, 6.45) is 3.28. The fourth-order valence-electron chi connectivity index (χ4n) is 3.52. The lowest BCUT2D eigenvalue weighted by molar-refractivity contribution is 0.627. The van der Waals surface area contributed by atoms with E-state index in [1.165, 1.54) is 22.8 Å². The lowest BCUT2D eigenvalue weighted by Crippen LogP contribution is -2.16. The number of rotatable bonds is 8. The van der Waals surface area contributed by atoms with Gasteiger partial charge in [-0.25, -0.2) is 9.37 Å². The number of aryl methyl sites for hydroxylation is 2. The van der Waals surface area contributed by atoms with Crippen molar-refractivity contribution in [2.45, 2.75) is 46.6 Å². The Kier molecular flexibility index (Phi) is 6.57. The summed E-state index contributed by atoms with van der Waals surface area (Å²) in [6, 6.07) is 7.03. The van der Waals surface area contributed by atoms with Crippen molar-refractivity contribution < 1.29 is 4.39 Å². The number of nitrogens with one attached hydrogen (secondary N) is 1. The molecule has 4 nitrogen and oxygen atoms in total. The number of anilines is 1. The Morgan fingerprint density at radius 3 is 2.71 bits per heavy atom. The van der Waals surface area contributed by atoms with Crippen LogP contribution in [0.2, 0.25) is 5.02 Å². The normalized spacial score (nSPS) is 11.4. The summed E-state index contributed by atoms with van der Waals surface area (Å²) in [5.41, 5.74) is 12.6. The number of halogens is 2. The molecule has 3 N–H and O–H groups in total. The molecule has 3 aromatic rings. The van der Waals surface area contributed by atoms with Crippen LogP contribution in [0.5, 0.6) is 0 Å². The Labute approximate surface area is 170 Å². The Hall–Kier alpha value is -2.11. The monoisotopic (exact) mass is 402 g/mol. The second-order valence-electron chi connectivity index (χ2n) is 7.25. The Bertz CT molecular complexity index is 981. The fraction of sp³-hybridized carbons (Fsp3) is 0.409. The molecule has 0 fully saturated rings. The summed E-state index contributed by atoms with van der Waals surface area (Å²) in [7, 11) is 0. The molecule has 0 saturated heterocycles. The summed E-state index contributed by atoms with van der Waals surface area (Å²) in [6.45, 7) is 8.23. The Balaban J connectivity index is 2.14. The van der Waals surface area contributed by atoms with Gasteiger partial charge in [0.2, 0.25) is 5.95 Å². The topological polar surface area (TPSA) is 55.9 Å². The zero-order chi connectivity index (χ0) is 20.3. The first-order chi connectivity index (χ1) is 13.5. The van der Waals surface area contributed by atoms with Gasteiger partial charge in [-0.15, -0.1) is 0 Å². The average molecular weight is 403 g/mol. The molecule has 0 unspecified atom stereocenters. The van der Waals surface area contributed by atoms with Crippen LogP contribution in [0.15, 0.2) is 24.3 Å². The standard InChI is InChI=1S/C22H28ClFN4/c1-4-5-6-17-15(3)14(2)11-20-21(17)27-22(26-10-9-25)28(20)13-16-7-8-19(24)18(23)12-16/h7-8,11-12H,4-6,9-10,13,25H2,1-3H3,(H,26,27). The Morgan fingerprint density at radius 1 is 1.25 bits per heavy atom. The van der Waals surface area contributed by atoms with Crippen LogP contribution in [0.3, 0.4) is 0 Å². The highest BCUT2D eigenvalue weighted by Crippen LogP contribution is 2.30. The van der Waals surface area contributed by atoms with Gasteiger partial charge in [0.15, 0.2) is 0 Å². The summed E-state index contributed by atoms with van der Waals surface area (Å²) >= 11 is 5.99. The number of nitrogens with two attached hydrogens (primary N) is 1. The van der Waals surface area contributed by atoms with E-state index in [4.69, 9.17) is 22.3 Å². The van der Waals surface area contributed by atoms with Gasteiger partial charge in [0.25, 0.3) is 0 Å². The maximum absolute atomic E-state index is 13.6. The predicted molar refractivity (Wildman–Crippen MR) is 116 cm³/mol. The summed E-state index contributed by atoms with van der Waals surface area (Å²) in [5.74, 6) is 0.374. The molecule has 3 rings (SSSR count). The Morgan fingerprint density at radius 2 is 2.04 bits per heavy atom. The van der Waals surface area contributed by atoms with Gasteiger partial charge in [0.05, 0.1) is 22.6 Å². The van der Waals surface area contributed by atoms with Crippen LogP contribution in [0.25, 0.3) is 11.0 Å². The lowest BCUT2D eigenvalue weighted by Gasteiger charge is -2.13. The van der Waals surface area contributed by atoms with E-state index in [0.717, 1.165) is 41.8 Å². The first kappa shape index (κ1) is 20.6. The highest BCUT2D eigenvalue weighted by atomic mass is 35.5. The third-order valence-corrected chi connectivity index (χ3v) is 5.51. The molecule has 0 radical (unpaired) electrons. The van der Waals surface area contributed by atoms with Crippen molar-refractivity contribution in [3.63, 3.8) is 0 Å². The minimum Gasteiger partial charge on any atom is -0.354 e. The van der Waals surface area contributed by atoms with Gasteiger partial charge in [0, 0.05) is 13.1 Å². The van der Waals surface area contributed by atoms with Crippen molar-refractivity contribution in [2.24, 2.45) is 5.73 Å². The molecule has 28 heavy (non-hydrogen) atoms. The SMILES string of the molecule is CCCCc1c(C)c(C)cc2c1nc(NCCN)n2Cc1ccc(F)c(Cl)c1. The van der Waals surface area contributed by atoms with Crippen LogP contribution in [0.1, 0.15) is 42.0 Å². The van der Waals surface area contributed by atoms with E-state index in [9.17, 15) is 4.39 Å². The van der Waals surface area contributed by atoms with E-state index in [1.54, 1.807) is 12.1 Å². The van der Waals surface area contributed by atoms with E-state index < -0.39 is 5.82 Å². The van der Waals surface area contributed by atoms with Gasteiger partial charge in [-0.2, -0.15) is 0 Å². The van der Waals surface area contributed by atoms with Gasteiger partial charge < -0.3 is 15.6 Å². The molecular formula is C22H28ClFN4. The zero-order valence-electron chi connectivity index (χ0n) is 16.8. The molecule has 1 aromatic heterocycles. The second-order valence-corrected chi connectivity index (χ2v) is 7.66. The maximum Gasteiger partial charge on any atom is 0.204 e. The van der Waals surface area contributed by atoms with Gasteiger partial charge >= 0.3 is 0 Å². The molecule has 2 aromatic carbocycles. The van der Waals surface area contributed by atoms with Crippen LogP contribution >= 0.6 is 11.6 Å². The largest absolute Gasteiger partial charge is 0.354 e. The molecule has 1 heterocycles. The van der Waals surface area contributed by atoms with E-state index in [1.807, 2.05) is 0 Å². The lowest BCUT2D eigenvalue weighted by atomic mass is 9.97. The summed E-state index contributed by atoms with van der Waals surface area (Å²) < 4.78 is 15.7. The zero-order valence-corrected chi connectivity index (χ0v) is 17.5. The third kappa shape index (κ3) is 4.15. The molecular weight excluding hydrogens is 375 g/mol. The van der Waals surface area contributed by atoms with Gasteiger partial charge in [-0.3, -0.25) is 0 Å². The summed E-state index contributed by atoms with van der Waals surface area (Å²) in [5, 5.41) is 3.47. The predicted octanol–water partition coefficient (Wildman–Crippen LogP) is 5.21. The molecule has 0 bridgehead atoms. The number of imidazole rings is 1. The number of aromatic nitrogens is 2. The molecule has 0 atom stereocenters. The second kappa shape index (κ2) is 8.93. The van der Waals surface area contributed by atoms with Crippen LogP contribution in [0, 0.1) is 19.7 Å². The highest BCUT2D eigenvalue weighted by molar-refractivity contribution is 6.30. The molecule has 0 spiro atoms. The third-order valence-electron chi connectivity index (χ3n) is 5.22. The van der Waals surface area contributed by atoms with Crippen LogP contribution < -0.4 is 11.1 Å². The number of nitrogens with zero attached hydrogens (tertiary/aromatic N) is 2. The van der Waals surface area contributed by atoms with Crippen LogP contribution in [-0.2, 0) is 13.0 Å². The average Bonchev–Trinajstić information content (AvgIpc) is 3.00. The molecule has 0 aliphatic carbocycles. The van der Waals surface area contributed by atoms with Crippen molar-refractivity contribution in [1.29, 1.82) is 0 Å². The van der Waals surface area contributed by atoms with E-state index >= 15 is 0 Å². The van der Waals surface area contributed by atoms with Crippen molar-refractivity contribution in [3.05, 3.63) is 57.4 Å². The minimum atomic E-state index is -0.407. The minimum absolute atomic E-state index is 0.133. The molecule has 0 amide bonds. The van der Waals surface area contributed by atoms with Crippen LogP contribution in [-0.4, -0.2) is 22.6 Å². The van der Waals surface area contributed by atoms with Crippen LogP contribution in [0.4, 0.5) is 10.3 Å². The van der Waals surface area contributed by atoms with Crippen molar-refractivity contribution in [1.82, 2.24) is 9.55 Å². The molecule has 0 aliphatic heterocycles. The molecule has 150 valence electrons. The van der Waals surface area contributed by atoms with E-state index in [0.29, 0.717) is 19.6 Å². The number of benzene rings is 2. The van der Waals surface area contributed by atoms with Crippen molar-refractivity contribution >= 4 is 28.6 Å². The molecule has 0 saturated carbocycles. The quantitative estimate of drug-likeness (QED) is 0.544. The number of hydrogen-bond donors (Lipinski definition) is 2. The van der Waals surface area contributed by atoms with E-state index in [2.05, 4.69) is 36.7 Å². The van der Waals surface area contributed by atoms with Gasteiger partial charge in [-0.05, 0) is 67.1 Å². The smallest absolute Gasteiger partial charge is 0.204 e. The van der Waals surface area contributed by atoms with Crippen molar-refractivity contribution in [2.75, 3.05) is 18.4 Å². The number of fused-ring (bicyclic) bond motifs is 1.